The van der Waals surface area contributed by atoms with Crippen molar-refractivity contribution in [1.82, 2.24) is 0 Å². The number of hydrogen-bond donors (Lipinski definition) is 1. The Labute approximate surface area is 217 Å². The van der Waals surface area contributed by atoms with Crippen molar-refractivity contribution >= 4 is 23.1 Å². The molecule has 0 saturated carbocycles. The number of ether oxygens (including phenoxy) is 1. The van der Waals surface area contributed by atoms with E-state index in [0.29, 0.717) is 28.1 Å². The van der Waals surface area contributed by atoms with Crippen molar-refractivity contribution in [3.8, 4) is 11.8 Å². The minimum absolute atomic E-state index is 0.00624. The Morgan fingerprint density at radius 2 is 1.54 bits per heavy atom. The zero-order chi connectivity index (χ0) is 26.9. The molecule has 37 heavy (non-hydrogen) atoms. The van der Waals surface area contributed by atoms with Crippen molar-refractivity contribution in [3.05, 3.63) is 101 Å². The van der Waals surface area contributed by atoms with Crippen molar-refractivity contribution in [1.29, 1.82) is 5.26 Å². The van der Waals surface area contributed by atoms with Gasteiger partial charge in [0.15, 0.2) is 0 Å². The first-order chi connectivity index (χ1) is 17.5. The summed E-state index contributed by atoms with van der Waals surface area (Å²) in [5.41, 5.74) is 3.04. The van der Waals surface area contributed by atoms with E-state index >= 15 is 0 Å². The molecule has 188 valence electrons. The molecule has 1 unspecified atom stereocenters. The van der Waals surface area contributed by atoms with E-state index in [1.54, 1.807) is 48.5 Å². The largest absolute Gasteiger partial charge is 0.507 e. The van der Waals surface area contributed by atoms with Gasteiger partial charge in [0, 0.05) is 11.3 Å². The van der Waals surface area contributed by atoms with Crippen LogP contribution in [0, 0.1) is 11.3 Å². The summed E-state index contributed by atoms with van der Waals surface area (Å²) in [6.45, 7) is 10.2. The van der Waals surface area contributed by atoms with Crippen LogP contribution in [0.5, 0.6) is 5.75 Å². The number of carbonyl (C=O) groups is 2. The minimum Gasteiger partial charge on any atom is -0.507 e. The fraction of sp³-hybridized carbons (Fsp3) is 0.258. The predicted molar refractivity (Wildman–Crippen MR) is 143 cm³/mol. The molecule has 1 fully saturated rings. The molecule has 0 bridgehead atoms. The fourth-order valence-corrected chi connectivity index (χ4v) is 4.40. The number of aliphatic hydroxyl groups is 1. The molecule has 0 aromatic heterocycles. The predicted octanol–water partition coefficient (Wildman–Crippen LogP) is 6.27. The molecule has 0 spiro atoms. The number of Topliss-reactive ketones (excluding diaryl/α,β-unsaturated/α-hetero) is 1. The minimum atomic E-state index is -0.839. The fourth-order valence-electron chi connectivity index (χ4n) is 4.40. The first-order valence-electron chi connectivity index (χ1n) is 12.2. The van der Waals surface area contributed by atoms with Crippen LogP contribution in [0.15, 0.2) is 78.4 Å². The Balaban J connectivity index is 1.86. The van der Waals surface area contributed by atoms with Crippen LogP contribution in [-0.4, -0.2) is 22.9 Å². The van der Waals surface area contributed by atoms with Gasteiger partial charge < -0.3 is 9.84 Å². The van der Waals surface area contributed by atoms with E-state index in [2.05, 4.69) is 26.8 Å². The second kappa shape index (κ2) is 9.94. The third-order valence-corrected chi connectivity index (χ3v) is 6.31. The summed E-state index contributed by atoms with van der Waals surface area (Å²) in [5.74, 6) is -1.13. The molecule has 1 saturated heterocycles. The summed E-state index contributed by atoms with van der Waals surface area (Å²) in [6.07, 6.45) is -0.00624. The van der Waals surface area contributed by atoms with Gasteiger partial charge in [0.25, 0.3) is 11.7 Å². The van der Waals surface area contributed by atoms with Gasteiger partial charge in [-0.15, -0.1) is 0 Å². The number of anilines is 1. The third-order valence-electron chi connectivity index (χ3n) is 6.31. The maximum Gasteiger partial charge on any atom is 0.300 e. The van der Waals surface area contributed by atoms with E-state index in [9.17, 15) is 20.0 Å². The molecule has 1 N–H and O–H groups in total. The lowest BCUT2D eigenvalue weighted by Gasteiger charge is -2.26. The number of hydrogen-bond acceptors (Lipinski definition) is 5. The van der Waals surface area contributed by atoms with Crippen molar-refractivity contribution < 1.29 is 19.4 Å². The Bertz CT molecular complexity index is 1390. The highest BCUT2D eigenvalue weighted by Gasteiger charge is 2.47. The Morgan fingerprint density at radius 1 is 0.946 bits per heavy atom. The van der Waals surface area contributed by atoms with Gasteiger partial charge in [-0.1, -0.05) is 45.0 Å². The monoisotopic (exact) mass is 494 g/mol. The van der Waals surface area contributed by atoms with E-state index in [0.717, 1.165) is 5.56 Å². The maximum absolute atomic E-state index is 13.4. The highest BCUT2D eigenvalue weighted by Crippen LogP contribution is 2.42. The summed E-state index contributed by atoms with van der Waals surface area (Å²) < 4.78 is 5.69. The maximum atomic E-state index is 13.4. The van der Waals surface area contributed by atoms with E-state index in [1.807, 2.05) is 38.1 Å². The van der Waals surface area contributed by atoms with Gasteiger partial charge >= 0.3 is 0 Å². The number of ketones is 1. The van der Waals surface area contributed by atoms with Crippen LogP contribution >= 0.6 is 0 Å². The second-order valence-corrected chi connectivity index (χ2v) is 10.4. The normalized spacial score (nSPS) is 17.2. The summed E-state index contributed by atoms with van der Waals surface area (Å²) >= 11 is 0. The quantitative estimate of drug-likeness (QED) is 0.256. The van der Waals surface area contributed by atoms with Crippen LogP contribution in [-0.2, 0) is 15.0 Å². The molecule has 6 nitrogen and oxygen atoms in total. The van der Waals surface area contributed by atoms with Gasteiger partial charge in [0.05, 0.1) is 29.4 Å². The third kappa shape index (κ3) is 5.12. The Hall–Kier alpha value is -4.37. The van der Waals surface area contributed by atoms with Crippen LogP contribution in [0.1, 0.15) is 62.9 Å². The standard InChI is InChI=1S/C31H30N2O4/c1-19(2)37-25-16-10-22(11-17-25)28(34)26-27(21-8-12-23(13-9-21)31(3,4)5)33(30(36)29(26)35)24-14-6-20(18-32)7-15-24/h6-17,19,27,34H,1-5H3/b28-26-. The summed E-state index contributed by atoms with van der Waals surface area (Å²) in [7, 11) is 0. The number of rotatable bonds is 5. The SMILES string of the molecule is CC(C)Oc1ccc(/C(O)=C2/C(=O)C(=O)N(c3ccc(C#N)cc3)C2c2ccc(C(C)(C)C)cc2)cc1. The van der Waals surface area contributed by atoms with Crippen LogP contribution in [0.4, 0.5) is 5.69 Å². The molecule has 0 radical (unpaired) electrons. The highest BCUT2D eigenvalue weighted by molar-refractivity contribution is 6.51. The molecular formula is C31H30N2O4. The van der Waals surface area contributed by atoms with E-state index in [-0.39, 0.29) is 22.9 Å². The van der Waals surface area contributed by atoms with Gasteiger partial charge in [-0.05, 0) is 78.9 Å². The average molecular weight is 495 g/mol. The molecule has 1 aliphatic heterocycles. The first-order valence-corrected chi connectivity index (χ1v) is 12.2. The highest BCUT2D eigenvalue weighted by atomic mass is 16.5. The smallest absolute Gasteiger partial charge is 0.300 e. The molecule has 3 aromatic rings. The molecule has 1 aliphatic rings. The van der Waals surface area contributed by atoms with Gasteiger partial charge in [0.2, 0.25) is 0 Å². The summed E-state index contributed by atoms with van der Waals surface area (Å²) in [4.78, 5) is 28.1. The zero-order valence-electron chi connectivity index (χ0n) is 21.6. The lowest BCUT2D eigenvalue weighted by Crippen LogP contribution is -2.29. The van der Waals surface area contributed by atoms with Crippen LogP contribution in [0.2, 0.25) is 0 Å². The van der Waals surface area contributed by atoms with Crippen molar-refractivity contribution in [2.24, 2.45) is 0 Å². The molecule has 6 heteroatoms. The van der Waals surface area contributed by atoms with Gasteiger partial charge in [0.1, 0.15) is 11.5 Å². The molecule has 0 aliphatic carbocycles. The molecule has 1 amide bonds. The number of amides is 1. The topological polar surface area (TPSA) is 90.6 Å². The lowest BCUT2D eigenvalue weighted by molar-refractivity contribution is -0.132. The Kier molecular flexibility index (Phi) is 6.91. The van der Waals surface area contributed by atoms with Gasteiger partial charge in [-0.25, -0.2) is 0 Å². The molecule has 3 aromatic carbocycles. The average Bonchev–Trinajstić information content (AvgIpc) is 3.13. The van der Waals surface area contributed by atoms with Crippen molar-refractivity contribution in [2.45, 2.75) is 52.2 Å². The molecule has 4 rings (SSSR count). The molecule has 1 atom stereocenters. The van der Waals surface area contributed by atoms with Crippen molar-refractivity contribution in [2.75, 3.05) is 4.90 Å². The van der Waals surface area contributed by atoms with Gasteiger partial charge in [-0.2, -0.15) is 5.26 Å². The Morgan fingerprint density at radius 3 is 2.05 bits per heavy atom. The number of nitrogens with zero attached hydrogens (tertiary/aromatic N) is 2. The van der Waals surface area contributed by atoms with Crippen LogP contribution < -0.4 is 9.64 Å². The summed E-state index contributed by atoms with van der Waals surface area (Å²) in [5, 5.41) is 20.5. The van der Waals surface area contributed by atoms with Crippen LogP contribution in [0.25, 0.3) is 5.76 Å². The number of nitriles is 1. The molecule has 1 heterocycles. The van der Waals surface area contributed by atoms with E-state index < -0.39 is 17.7 Å². The lowest BCUT2D eigenvalue weighted by atomic mass is 9.85. The first kappa shape index (κ1) is 25.7. The van der Waals surface area contributed by atoms with E-state index in [1.165, 1.54) is 4.90 Å². The number of benzene rings is 3. The number of carbonyl (C=O) groups excluding carboxylic acids is 2. The summed E-state index contributed by atoms with van der Waals surface area (Å²) in [6, 6.07) is 22.2. The zero-order valence-corrected chi connectivity index (χ0v) is 21.6. The van der Waals surface area contributed by atoms with Crippen LogP contribution in [0.3, 0.4) is 0 Å². The number of aliphatic hydroxyl groups excluding tert-OH is 1. The van der Waals surface area contributed by atoms with Crippen molar-refractivity contribution in [3.63, 3.8) is 0 Å². The second-order valence-electron chi connectivity index (χ2n) is 10.4. The molecular weight excluding hydrogens is 464 g/mol. The van der Waals surface area contributed by atoms with Gasteiger partial charge in [-0.3, -0.25) is 14.5 Å². The van der Waals surface area contributed by atoms with E-state index in [4.69, 9.17) is 4.74 Å².